The number of rotatable bonds is 10. The van der Waals surface area contributed by atoms with Crippen molar-refractivity contribution < 1.29 is 9.66 Å². The SMILES string of the molecule is C=CCN(CCOc1cccc2ccccc12)CCc1ccc([N+](=O)[O-])cc1. The zero-order valence-corrected chi connectivity index (χ0v) is 15.8. The lowest BCUT2D eigenvalue weighted by molar-refractivity contribution is -0.384. The van der Waals surface area contributed by atoms with Gasteiger partial charge in [-0.3, -0.25) is 15.0 Å². The Hall–Kier alpha value is -3.18. The van der Waals surface area contributed by atoms with Crippen molar-refractivity contribution in [2.75, 3.05) is 26.2 Å². The summed E-state index contributed by atoms with van der Waals surface area (Å²) in [5, 5.41) is 13.0. The van der Waals surface area contributed by atoms with Gasteiger partial charge in [0.15, 0.2) is 0 Å². The van der Waals surface area contributed by atoms with Crippen LogP contribution in [0.5, 0.6) is 5.75 Å². The molecule has 0 spiro atoms. The van der Waals surface area contributed by atoms with Gasteiger partial charge in [0.2, 0.25) is 0 Å². The number of nitro benzene ring substituents is 1. The maximum absolute atomic E-state index is 10.8. The Morgan fingerprint density at radius 3 is 2.50 bits per heavy atom. The molecule has 5 heteroatoms. The second kappa shape index (κ2) is 9.67. The number of nitrogens with zero attached hydrogens (tertiary/aromatic N) is 2. The van der Waals surface area contributed by atoms with Crippen LogP contribution < -0.4 is 4.74 Å². The Morgan fingerprint density at radius 2 is 1.75 bits per heavy atom. The highest BCUT2D eigenvalue weighted by Gasteiger charge is 2.08. The lowest BCUT2D eigenvalue weighted by atomic mass is 10.1. The molecule has 3 rings (SSSR count). The molecule has 0 aliphatic heterocycles. The molecule has 5 nitrogen and oxygen atoms in total. The number of hydrogen-bond acceptors (Lipinski definition) is 4. The molecule has 0 heterocycles. The molecule has 0 amide bonds. The largest absolute Gasteiger partial charge is 0.492 e. The number of non-ortho nitro benzene ring substituents is 1. The van der Waals surface area contributed by atoms with Crippen molar-refractivity contribution >= 4 is 16.5 Å². The van der Waals surface area contributed by atoms with E-state index in [-0.39, 0.29) is 10.6 Å². The second-order valence-corrected chi connectivity index (χ2v) is 6.59. The molecule has 0 aliphatic rings. The first-order chi connectivity index (χ1) is 13.7. The zero-order valence-electron chi connectivity index (χ0n) is 15.8. The highest BCUT2D eigenvalue weighted by atomic mass is 16.6. The monoisotopic (exact) mass is 376 g/mol. The van der Waals surface area contributed by atoms with Crippen molar-refractivity contribution in [1.29, 1.82) is 0 Å². The van der Waals surface area contributed by atoms with Crippen molar-refractivity contribution in [3.8, 4) is 5.75 Å². The van der Waals surface area contributed by atoms with Gasteiger partial charge in [0.25, 0.3) is 5.69 Å². The molecule has 0 saturated carbocycles. The van der Waals surface area contributed by atoms with E-state index in [4.69, 9.17) is 4.74 Å². The third kappa shape index (κ3) is 5.18. The van der Waals surface area contributed by atoms with Gasteiger partial charge in [-0.1, -0.05) is 54.6 Å². The van der Waals surface area contributed by atoms with Crippen molar-refractivity contribution in [3.63, 3.8) is 0 Å². The molecule has 144 valence electrons. The van der Waals surface area contributed by atoms with Crippen LogP contribution in [0.25, 0.3) is 10.8 Å². The Bertz CT molecular complexity index is 933. The van der Waals surface area contributed by atoms with Gasteiger partial charge < -0.3 is 4.74 Å². The van der Waals surface area contributed by atoms with Crippen LogP contribution in [0.4, 0.5) is 5.69 Å². The van der Waals surface area contributed by atoms with Crippen LogP contribution in [0, 0.1) is 10.1 Å². The van der Waals surface area contributed by atoms with Gasteiger partial charge in [0.1, 0.15) is 12.4 Å². The molecule has 0 atom stereocenters. The molecule has 0 bridgehead atoms. The van der Waals surface area contributed by atoms with Gasteiger partial charge in [-0.15, -0.1) is 6.58 Å². The minimum absolute atomic E-state index is 0.121. The molecular formula is C23H24N2O3. The van der Waals surface area contributed by atoms with Crippen LogP contribution in [-0.2, 0) is 6.42 Å². The van der Waals surface area contributed by atoms with Crippen LogP contribution in [-0.4, -0.2) is 36.1 Å². The summed E-state index contributed by atoms with van der Waals surface area (Å²) < 4.78 is 6.04. The van der Waals surface area contributed by atoms with Crippen LogP contribution >= 0.6 is 0 Å². The molecule has 28 heavy (non-hydrogen) atoms. The highest BCUT2D eigenvalue weighted by molar-refractivity contribution is 5.88. The first-order valence-corrected chi connectivity index (χ1v) is 9.34. The molecule has 0 unspecified atom stereocenters. The molecular weight excluding hydrogens is 352 g/mol. The Morgan fingerprint density at radius 1 is 1.00 bits per heavy atom. The predicted octanol–water partition coefficient (Wildman–Crippen LogP) is 4.86. The van der Waals surface area contributed by atoms with Crippen molar-refractivity contribution in [2.24, 2.45) is 0 Å². The Balaban J connectivity index is 1.54. The van der Waals surface area contributed by atoms with Gasteiger partial charge in [-0.05, 0) is 23.4 Å². The molecule has 3 aromatic carbocycles. The summed E-state index contributed by atoms with van der Waals surface area (Å²) in [5.74, 6) is 0.895. The highest BCUT2D eigenvalue weighted by Crippen LogP contribution is 2.25. The summed E-state index contributed by atoms with van der Waals surface area (Å²) in [7, 11) is 0. The number of fused-ring (bicyclic) bond motifs is 1. The molecule has 0 radical (unpaired) electrons. The van der Waals surface area contributed by atoms with E-state index >= 15 is 0 Å². The van der Waals surface area contributed by atoms with Crippen molar-refractivity contribution in [3.05, 3.63) is 95.1 Å². The smallest absolute Gasteiger partial charge is 0.269 e. The predicted molar refractivity (Wildman–Crippen MR) is 113 cm³/mol. The third-order valence-corrected chi connectivity index (χ3v) is 4.67. The fourth-order valence-corrected chi connectivity index (χ4v) is 3.15. The number of ether oxygens (including phenoxy) is 1. The second-order valence-electron chi connectivity index (χ2n) is 6.59. The van der Waals surface area contributed by atoms with E-state index in [0.29, 0.717) is 6.61 Å². The van der Waals surface area contributed by atoms with Gasteiger partial charge >= 0.3 is 0 Å². The summed E-state index contributed by atoms with van der Waals surface area (Å²) >= 11 is 0. The van der Waals surface area contributed by atoms with E-state index in [1.54, 1.807) is 12.1 Å². The molecule has 3 aromatic rings. The van der Waals surface area contributed by atoms with Gasteiger partial charge in [-0.25, -0.2) is 0 Å². The summed E-state index contributed by atoms with van der Waals surface area (Å²) in [6.07, 6.45) is 2.70. The lowest BCUT2D eigenvalue weighted by Crippen LogP contribution is -2.30. The zero-order chi connectivity index (χ0) is 19.8. The van der Waals surface area contributed by atoms with Crippen LogP contribution in [0.2, 0.25) is 0 Å². The molecule has 0 fully saturated rings. The van der Waals surface area contributed by atoms with Gasteiger partial charge in [0.05, 0.1) is 4.92 Å². The molecule has 0 saturated heterocycles. The Kier molecular flexibility index (Phi) is 6.76. The molecule has 0 N–H and O–H groups in total. The maximum Gasteiger partial charge on any atom is 0.269 e. The lowest BCUT2D eigenvalue weighted by Gasteiger charge is -2.21. The van der Waals surface area contributed by atoms with E-state index in [1.165, 1.54) is 5.39 Å². The summed E-state index contributed by atoms with van der Waals surface area (Å²) in [4.78, 5) is 12.6. The van der Waals surface area contributed by atoms with E-state index in [1.807, 2.05) is 42.5 Å². The Labute approximate surface area is 165 Å². The number of benzene rings is 3. The first-order valence-electron chi connectivity index (χ1n) is 9.34. The maximum atomic E-state index is 10.8. The fraction of sp³-hybridized carbons (Fsp3) is 0.217. The minimum Gasteiger partial charge on any atom is -0.492 e. The standard InChI is InChI=1S/C23H24N2O3/c1-2-15-24(16-14-19-10-12-21(13-11-19)25(26)27)17-18-28-23-9-5-7-20-6-3-4-8-22(20)23/h2-13H,1,14-18H2. The first kappa shape index (κ1) is 19.6. The van der Waals surface area contributed by atoms with Crippen molar-refractivity contribution in [1.82, 2.24) is 4.90 Å². The van der Waals surface area contributed by atoms with Crippen LogP contribution in [0.15, 0.2) is 79.4 Å². The minimum atomic E-state index is -0.377. The van der Waals surface area contributed by atoms with Crippen LogP contribution in [0.1, 0.15) is 5.56 Å². The number of nitro groups is 1. The normalized spacial score (nSPS) is 10.9. The van der Waals surface area contributed by atoms with Gasteiger partial charge in [0, 0.05) is 37.2 Å². The summed E-state index contributed by atoms with van der Waals surface area (Å²) in [5.41, 5.74) is 1.20. The van der Waals surface area contributed by atoms with E-state index in [9.17, 15) is 10.1 Å². The summed E-state index contributed by atoms with van der Waals surface area (Å²) in [6.45, 7) is 6.81. The fourth-order valence-electron chi connectivity index (χ4n) is 3.15. The van der Waals surface area contributed by atoms with Crippen molar-refractivity contribution in [2.45, 2.75) is 6.42 Å². The third-order valence-electron chi connectivity index (χ3n) is 4.67. The average Bonchev–Trinajstić information content (AvgIpc) is 2.72. The summed E-state index contributed by atoms with van der Waals surface area (Å²) in [6, 6.07) is 21.0. The van der Waals surface area contributed by atoms with E-state index < -0.39 is 0 Å². The topological polar surface area (TPSA) is 55.6 Å². The number of hydrogen-bond donors (Lipinski definition) is 0. The quantitative estimate of drug-likeness (QED) is 0.288. The average molecular weight is 376 g/mol. The van der Waals surface area contributed by atoms with Crippen LogP contribution in [0.3, 0.4) is 0 Å². The van der Waals surface area contributed by atoms with E-state index in [0.717, 1.165) is 42.8 Å². The van der Waals surface area contributed by atoms with Gasteiger partial charge in [-0.2, -0.15) is 0 Å². The molecule has 0 aliphatic carbocycles. The molecule has 0 aromatic heterocycles. The van der Waals surface area contributed by atoms with E-state index in [2.05, 4.69) is 29.7 Å².